The predicted octanol–water partition coefficient (Wildman–Crippen LogP) is 2.79. The van der Waals surface area contributed by atoms with E-state index in [1.807, 2.05) is 6.07 Å². The Balaban J connectivity index is 2.31. The van der Waals surface area contributed by atoms with Crippen molar-refractivity contribution in [3.05, 3.63) is 33.8 Å². The van der Waals surface area contributed by atoms with E-state index in [0.717, 1.165) is 5.56 Å². The van der Waals surface area contributed by atoms with E-state index < -0.39 is 5.79 Å². The van der Waals surface area contributed by atoms with Crippen LogP contribution in [0.25, 0.3) is 0 Å². The second-order valence-electron chi connectivity index (χ2n) is 4.31. The Kier molecular flexibility index (Phi) is 3.95. The van der Waals surface area contributed by atoms with E-state index >= 15 is 0 Å². The lowest BCUT2D eigenvalue weighted by Gasteiger charge is -2.39. The average molecular weight is 276 g/mol. The molecule has 0 unspecified atom stereocenters. The van der Waals surface area contributed by atoms with Gasteiger partial charge < -0.3 is 15.2 Å². The lowest BCUT2D eigenvalue weighted by atomic mass is 10.0. The van der Waals surface area contributed by atoms with E-state index in [1.165, 1.54) is 0 Å². The lowest BCUT2D eigenvalue weighted by Crippen LogP contribution is -2.46. The molecule has 0 amide bonds. The van der Waals surface area contributed by atoms with Crippen LogP contribution in [0, 0.1) is 5.92 Å². The summed E-state index contributed by atoms with van der Waals surface area (Å²) in [6, 6.07) is 5.30. The molecular formula is C12H15Cl2NO2. The highest BCUT2D eigenvalue weighted by atomic mass is 35.5. The normalized spacial score (nSPS) is 29.3. The zero-order chi connectivity index (χ0) is 12.5. The van der Waals surface area contributed by atoms with Crippen LogP contribution in [0.15, 0.2) is 18.2 Å². The molecule has 94 valence electrons. The first-order chi connectivity index (χ1) is 8.07. The summed E-state index contributed by atoms with van der Waals surface area (Å²) in [6.07, 6.45) is 0. The Morgan fingerprint density at radius 1 is 1.29 bits per heavy atom. The van der Waals surface area contributed by atoms with Gasteiger partial charge in [0, 0.05) is 11.5 Å². The van der Waals surface area contributed by atoms with Crippen LogP contribution in [0.4, 0.5) is 0 Å². The van der Waals surface area contributed by atoms with E-state index in [0.29, 0.717) is 29.2 Å². The third kappa shape index (κ3) is 2.59. The minimum Gasteiger partial charge on any atom is -0.344 e. The summed E-state index contributed by atoms with van der Waals surface area (Å²) < 4.78 is 11.5. The van der Waals surface area contributed by atoms with Crippen molar-refractivity contribution in [2.75, 3.05) is 19.8 Å². The highest BCUT2D eigenvalue weighted by Gasteiger charge is 2.37. The number of halogens is 2. The van der Waals surface area contributed by atoms with Crippen LogP contribution in [-0.2, 0) is 15.3 Å². The number of ether oxygens (including phenoxy) is 2. The molecule has 0 radical (unpaired) electrons. The fraction of sp³-hybridized carbons (Fsp3) is 0.500. The molecule has 0 aromatic heterocycles. The molecule has 2 N–H and O–H groups in total. The lowest BCUT2D eigenvalue weighted by molar-refractivity contribution is -0.284. The first-order valence-electron chi connectivity index (χ1n) is 5.51. The van der Waals surface area contributed by atoms with Crippen LogP contribution in [0.3, 0.4) is 0 Å². The fourth-order valence-electron chi connectivity index (χ4n) is 1.78. The summed E-state index contributed by atoms with van der Waals surface area (Å²) in [7, 11) is 0. The molecule has 1 fully saturated rings. The number of nitrogens with two attached hydrogens (primary N) is 1. The van der Waals surface area contributed by atoms with Crippen molar-refractivity contribution in [2.24, 2.45) is 11.7 Å². The van der Waals surface area contributed by atoms with Crippen molar-refractivity contribution in [3.8, 4) is 0 Å². The average Bonchev–Trinajstić information content (AvgIpc) is 2.34. The van der Waals surface area contributed by atoms with Crippen molar-refractivity contribution in [1.29, 1.82) is 0 Å². The van der Waals surface area contributed by atoms with E-state index in [1.54, 1.807) is 12.1 Å². The minimum absolute atomic E-state index is 0.248. The molecule has 1 aromatic carbocycles. The molecular weight excluding hydrogens is 261 g/mol. The highest BCUT2D eigenvalue weighted by molar-refractivity contribution is 6.42. The van der Waals surface area contributed by atoms with Crippen LogP contribution in [0.1, 0.15) is 12.5 Å². The molecule has 2 rings (SSSR count). The summed E-state index contributed by atoms with van der Waals surface area (Å²) in [6.45, 7) is 3.56. The molecule has 1 aliphatic rings. The number of benzene rings is 1. The summed E-state index contributed by atoms with van der Waals surface area (Å²) in [4.78, 5) is 0. The molecule has 0 aliphatic carbocycles. The first kappa shape index (κ1) is 13.1. The Morgan fingerprint density at radius 3 is 2.47 bits per heavy atom. The Bertz CT molecular complexity index is 403. The molecule has 5 heteroatoms. The molecule has 17 heavy (non-hydrogen) atoms. The summed E-state index contributed by atoms with van der Waals surface area (Å²) in [5.74, 6) is -0.516. The van der Waals surface area contributed by atoms with Gasteiger partial charge in [-0.2, -0.15) is 0 Å². The second-order valence-corrected chi connectivity index (χ2v) is 5.13. The molecule has 1 heterocycles. The van der Waals surface area contributed by atoms with Crippen molar-refractivity contribution in [2.45, 2.75) is 12.7 Å². The monoisotopic (exact) mass is 275 g/mol. The first-order valence-corrected chi connectivity index (χ1v) is 6.26. The Labute approximate surface area is 111 Å². The van der Waals surface area contributed by atoms with Gasteiger partial charge in [0.25, 0.3) is 0 Å². The van der Waals surface area contributed by atoms with Gasteiger partial charge in [-0.05, 0) is 12.1 Å². The van der Waals surface area contributed by atoms with E-state index in [2.05, 4.69) is 6.92 Å². The minimum atomic E-state index is -0.888. The highest BCUT2D eigenvalue weighted by Crippen LogP contribution is 2.34. The van der Waals surface area contributed by atoms with Gasteiger partial charge in [0.15, 0.2) is 0 Å². The Hall–Kier alpha value is -0.320. The van der Waals surface area contributed by atoms with Crippen LogP contribution < -0.4 is 5.73 Å². The summed E-state index contributed by atoms with van der Waals surface area (Å²) in [5, 5.41) is 0.981. The number of hydrogen-bond donors (Lipinski definition) is 1. The fourth-order valence-corrected chi connectivity index (χ4v) is 2.08. The molecule has 1 aromatic rings. The summed E-state index contributed by atoms with van der Waals surface area (Å²) in [5.41, 5.74) is 6.58. The largest absolute Gasteiger partial charge is 0.344 e. The van der Waals surface area contributed by atoms with E-state index in [-0.39, 0.29) is 6.54 Å². The zero-order valence-corrected chi connectivity index (χ0v) is 11.1. The van der Waals surface area contributed by atoms with Crippen LogP contribution >= 0.6 is 23.2 Å². The van der Waals surface area contributed by atoms with E-state index in [4.69, 9.17) is 38.4 Å². The van der Waals surface area contributed by atoms with Gasteiger partial charge in [0.05, 0.1) is 29.8 Å². The molecule has 0 saturated carbocycles. The van der Waals surface area contributed by atoms with Crippen molar-refractivity contribution in [1.82, 2.24) is 0 Å². The molecule has 1 saturated heterocycles. The molecule has 3 nitrogen and oxygen atoms in total. The van der Waals surface area contributed by atoms with Gasteiger partial charge in [-0.25, -0.2) is 0 Å². The number of rotatable bonds is 2. The van der Waals surface area contributed by atoms with Crippen molar-refractivity contribution < 1.29 is 9.47 Å². The maximum Gasteiger partial charge on any atom is 0.207 e. The van der Waals surface area contributed by atoms with Gasteiger partial charge in [0.2, 0.25) is 5.79 Å². The number of hydrogen-bond acceptors (Lipinski definition) is 3. The van der Waals surface area contributed by atoms with Gasteiger partial charge in [-0.3, -0.25) is 0 Å². The zero-order valence-electron chi connectivity index (χ0n) is 9.58. The second kappa shape index (κ2) is 5.12. The van der Waals surface area contributed by atoms with Gasteiger partial charge in [-0.15, -0.1) is 0 Å². The van der Waals surface area contributed by atoms with Gasteiger partial charge in [0.1, 0.15) is 0 Å². The molecule has 0 spiro atoms. The van der Waals surface area contributed by atoms with Crippen LogP contribution in [0.2, 0.25) is 10.0 Å². The molecule has 0 atom stereocenters. The van der Waals surface area contributed by atoms with Crippen molar-refractivity contribution >= 4 is 23.2 Å². The van der Waals surface area contributed by atoms with Crippen molar-refractivity contribution in [3.63, 3.8) is 0 Å². The third-order valence-corrected chi connectivity index (χ3v) is 3.57. The third-order valence-electron chi connectivity index (χ3n) is 2.83. The Morgan fingerprint density at radius 2 is 1.94 bits per heavy atom. The smallest absolute Gasteiger partial charge is 0.207 e. The predicted molar refractivity (Wildman–Crippen MR) is 68.3 cm³/mol. The molecule has 1 aliphatic heterocycles. The quantitative estimate of drug-likeness (QED) is 0.903. The summed E-state index contributed by atoms with van der Waals surface area (Å²) >= 11 is 11.9. The van der Waals surface area contributed by atoms with Crippen LogP contribution in [0.5, 0.6) is 0 Å². The maximum atomic E-state index is 6.00. The maximum absolute atomic E-state index is 6.00. The molecule has 0 bridgehead atoms. The van der Waals surface area contributed by atoms with E-state index in [9.17, 15) is 0 Å². The standard InChI is InChI=1S/C12H15Cl2NO2/c1-8-5-16-12(7-15,17-6-8)9-2-3-10(13)11(14)4-9/h2-4,8H,5-7,15H2,1H3. The SMILES string of the molecule is CC1COC(CN)(c2ccc(Cl)c(Cl)c2)OC1. The topological polar surface area (TPSA) is 44.5 Å². The van der Waals surface area contributed by atoms with Gasteiger partial charge in [-0.1, -0.05) is 36.2 Å². The van der Waals surface area contributed by atoms with Gasteiger partial charge >= 0.3 is 0 Å². The van der Waals surface area contributed by atoms with Crippen LogP contribution in [-0.4, -0.2) is 19.8 Å².